The first-order valence-electron chi connectivity index (χ1n) is 5.74. The fraction of sp³-hybridized carbons (Fsp3) is 0.636. The van der Waals surface area contributed by atoms with Crippen molar-refractivity contribution in [3.8, 4) is 0 Å². The third-order valence-corrected chi connectivity index (χ3v) is 2.78. The molecule has 0 aromatic carbocycles. The average molecular weight is 239 g/mol. The van der Waals surface area contributed by atoms with Gasteiger partial charge in [0.2, 0.25) is 5.91 Å². The summed E-state index contributed by atoms with van der Waals surface area (Å²) in [5, 5.41) is 6.50. The lowest BCUT2D eigenvalue weighted by molar-refractivity contribution is -0.132. The van der Waals surface area contributed by atoms with Crippen LogP contribution in [0.1, 0.15) is 24.3 Å². The Labute approximate surface area is 99.5 Å². The van der Waals surface area contributed by atoms with Gasteiger partial charge < -0.3 is 20.3 Å². The summed E-state index contributed by atoms with van der Waals surface area (Å²) in [7, 11) is 0. The predicted molar refractivity (Wildman–Crippen MR) is 60.0 cm³/mol. The molecule has 17 heavy (non-hydrogen) atoms. The Morgan fingerprint density at radius 3 is 3.06 bits per heavy atom. The molecular weight excluding hydrogens is 222 g/mol. The summed E-state index contributed by atoms with van der Waals surface area (Å²) in [6.45, 7) is 2.64. The molecule has 1 aromatic heterocycles. The van der Waals surface area contributed by atoms with Crippen LogP contribution >= 0.6 is 0 Å². The summed E-state index contributed by atoms with van der Waals surface area (Å²) in [5.74, 6) is 0.527. The number of ether oxygens (including phenoxy) is 1. The van der Waals surface area contributed by atoms with E-state index in [0.717, 1.165) is 18.5 Å². The van der Waals surface area contributed by atoms with E-state index < -0.39 is 0 Å². The van der Waals surface area contributed by atoms with Gasteiger partial charge in [-0.15, -0.1) is 0 Å². The molecule has 1 aromatic rings. The van der Waals surface area contributed by atoms with Crippen molar-refractivity contribution in [1.82, 2.24) is 10.5 Å². The maximum atomic E-state index is 11.7. The molecule has 1 aliphatic rings. The molecule has 0 spiro atoms. The van der Waals surface area contributed by atoms with Crippen LogP contribution in [0.25, 0.3) is 0 Å². The zero-order chi connectivity index (χ0) is 12.3. The van der Waals surface area contributed by atoms with E-state index in [1.807, 2.05) is 6.92 Å². The standard InChI is InChI=1S/C11H17N3O3/c1-7-4-9(17-14-7)6-13-11(15)10-3-2-8(5-12)16-10/h4,8,10H,2-3,5-6,12H2,1H3,(H,13,15)/t8-,10+/m1/s1. The second-order valence-corrected chi connectivity index (χ2v) is 4.21. The second kappa shape index (κ2) is 5.29. The first-order chi connectivity index (χ1) is 8.19. The van der Waals surface area contributed by atoms with Gasteiger partial charge in [-0.25, -0.2) is 0 Å². The highest BCUT2D eigenvalue weighted by Crippen LogP contribution is 2.18. The first kappa shape index (κ1) is 12.1. The molecule has 1 amide bonds. The quantitative estimate of drug-likeness (QED) is 0.778. The Morgan fingerprint density at radius 2 is 2.47 bits per heavy atom. The number of carbonyl (C=O) groups excluding carboxylic acids is 1. The molecule has 6 heteroatoms. The lowest BCUT2D eigenvalue weighted by Crippen LogP contribution is -2.35. The van der Waals surface area contributed by atoms with Crippen LogP contribution in [0.3, 0.4) is 0 Å². The summed E-state index contributed by atoms with van der Waals surface area (Å²) >= 11 is 0. The average Bonchev–Trinajstić information content (AvgIpc) is 2.94. The van der Waals surface area contributed by atoms with Gasteiger partial charge in [0.1, 0.15) is 6.10 Å². The minimum atomic E-state index is -0.382. The largest absolute Gasteiger partial charge is 0.364 e. The molecule has 2 atom stereocenters. The lowest BCUT2D eigenvalue weighted by atomic mass is 10.2. The van der Waals surface area contributed by atoms with E-state index in [0.29, 0.717) is 18.8 Å². The zero-order valence-electron chi connectivity index (χ0n) is 9.81. The fourth-order valence-corrected chi connectivity index (χ4v) is 1.86. The number of aryl methyl sites for hydroxylation is 1. The fourth-order valence-electron chi connectivity index (χ4n) is 1.86. The van der Waals surface area contributed by atoms with Crippen LogP contribution in [-0.2, 0) is 16.1 Å². The third kappa shape index (κ3) is 3.04. The summed E-state index contributed by atoms with van der Waals surface area (Å²) in [6, 6.07) is 1.79. The normalized spacial score (nSPS) is 23.9. The molecule has 6 nitrogen and oxygen atoms in total. The van der Waals surface area contributed by atoms with Crippen LogP contribution in [0, 0.1) is 6.92 Å². The van der Waals surface area contributed by atoms with Crippen LogP contribution in [0.5, 0.6) is 0 Å². The molecular formula is C11H17N3O3. The monoisotopic (exact) mass is 239 g/mol. The number of hydrogen-bond donors (Lipinski definition) is 2. The van der Waals surface area contributed by atoms with Gasteiger partial charge >= 0.3 is 0 Å². The van der Waals surface area contributed by atoms with E-state index >= 15 is 0 Å². The van der Waals surface area contributed by atoms with Crippen molar-refractivity contribution < 1.29 is 14.1 Å². The number of rotatable bonds is 4. The SMILES string of the molecule is Cc1cc(CNC(=O)[C@@H]2CC[C@H](CN)O2)on1. The van der Waals surface area contributed by atoms with Gasteiger partial charge in [-0.3, -0.25) is 4.79 Å². The van der Waals surface area contributed by atoms with Crippen molar-refractivity contribution in [1.29, 1.82) is 0 Å². The van der Waals surface area contributed by atoms with Gasteiger partial charge in [0.15, 0.2) is 5.76 Å². The Hall–Kier alpha value is -1.40. The number of nitrogens with two attached hydrogens (primary N) is 1. The van der Waals surface area contributed by atoms with Gasteiger partial charge in [0, 0.05) is 12.6 Å². The lowest BCUT2D eigenvalue weighted by Gasteiger charge is -2.11. The maximum absolute atomic E-state index is 11.7. The van der Waals surface area contributed by atoms with E-state index in [9.17, 15) is 4.79 Å². The Morgan fingerprint density at radius 1 is 1.65 bits per heavy atom. The summed E-state index contributed by atoms with van der Waals surface area (Å²) in [6.07, 6.45) is 1.20. The smallest absolute Gasteiger partial charge is 0.249 e. The van der Waals surface area contributed by atoms with Gasteiger partial charge in [-0.05, 0) is 19.8 Å². The molecule has 0 aliphatic carbocycles. The van der Waals surface area contributed by atoms with Gasteiger partial charge in [0.25, 0.3) is 0 Å². The maximum Gasteiger partial charge on any atom is 0.249 e. The topological polar surface area (TPSA) is 90.4 Å². The number of carbonyl (C=O) groups is 1. The van der Waals surface area contributed by atoms with Crippen LogP contribution in [0.2, 0.25) is 0 Å². The molecule has 2 heterocycles. The van der Waals surface area contributed by atoms with Crippen molar-refractivity contribution in [3.63, 3.8) is 0 Å². The molecule has 0 unspecified atom stereocenters. The number of nitrogens with one attached hydrogen (secondary N) is 1. The number of aromatic nitrogens is 1. The molecule has 1 aliphatic heterocycles. The molecule has 1 saturated heterocycles. The third-order valence-electron chi connectivity index (χ3n) is 2.78. The van der Waals surface area contributed by atoms with Crippen molar-refractivity contribution in [2.45, 2.75) is 38.5 Å². The van der Waals surface area contributed by atoms with E-state index in [-0.39, 0.29) is 18.1 Å². The van der Waals surface area contributed by atoms with E-state index in [1.165, 1.54) is 0 Å². The highest BCUT2D eigenvalue weighted by molar-refractivity contribution is 5.80. The summed E-state index contributed by atoms with van der Waals surface area (Å²) < 4.78 is 10.5. The molecule has 1 fully saturated rings. The van der Waals surface area contributed by atoms with Crippen molar-refractivity contribution in [3.05, 3.63) is 17.5 Å². The molecule has 0 saturated carbocycles. The van der Waals surface area contributed by atoms with Crippen LogP contribution in [-0.4, -0.2) is 29.8 Å². The first-order valence-corrected chi connectivity index (χ1v) is 5.74. The minimum Gasteiger partial charge on any atom is -0.364 e. The highest BCUT2D eigenvalue weighted by atomic mass is 16.5. The number of hydrogen-bond acceptors (Lipinski definition) is 5. The van der Waals surface area contributed by atoms with Gasteiger partial charge in [0.05, 0.1) is 18.3 Å². The highest BCUT2D eigenvalue weighted by Gasteiger charge is 2.29. The second-order valence-electron chi connectivity index (χ2n) is 4.21. The molecule has 3 N–H and O–H groups in total. The van der Waals surface area contributed by atoms with E-state index in [2.05, 4.69) is 10.5 Å². The van der Waals surface area contributed by atoms with Crippen LogP contribution < -0.4 is 11.1 Å². The number of amides is 1. The minimum absolute atomic E-state index is 0.0123. The van der Waals surface area contributed by atoms with Gasteiger partial charge in [-0.2, -0.15) is 0 Å². The van der Waals surface area contributed by atoms with E-state index in [4.69, 9.17) is 15.0 Å². The molecule has 0 radical (unpaired) electrons. The number of nitrogens with zero attached hydrogens (tertiary/aromatic N) is 1. The van der Waals surface area contributed by atoms with Crippen LogP contribution in [0.15, 0.2) is 10.6 Å². The van der Waals surface area contributed by atoms with Crippen LogP contribution in [0.4, 0.5) is 0 Å². The molecule has 2 rings (SSSR count). The van der Waals surface area contributed by atoms with Crippen molar-refractivity contribution in [2.24, 2.45) is 5.73 Å². The summed E-state index contributed by atoms with van der Waals surface area (Å²) in [5.41, 5.74) is 6.28. The Kier molecular flexibility index (Phi) is 3.75. The Balaban J connectivity index is 1.78. The summed E-state index contributed by atoms with van der Waals surface area (Å²) in [4.78, 5) is 11.7. The van der Waals surface area contributed by atoms with E-state index in [1.54, 1.807) is 6.07 Å². The van der Waals surface area contributed by atoms with Gasteiger partial charge in [-0.1, -0.05) is 5.16 Å². The van der Waals surface area contributed by atoms with Crippen molar-refractivity contribution >= 4 is 5.91 Å². The zero-order valence-corrected chi connectivity index (χ0v) is 9.81. The predicted octanol–water partition coefficient (Wildman–Crippen LogP) is 0.106. The molecule has 94 valence electrons. The Bertz CT molecular complexity index is 391. The van der Waals surface area contributed by atoms with Crippen molar-refractivity contribution in [2.75, 3.05) is 6.54 Å². The molecule has 0 bridgehead atoms.